The summed E-state index contributed by atoms with van der Waals surface area (Å²) < 4.78 is 2.07. The zero-order valence-electron chi connectivity index (χ0n) is 12.0. The molecule has 2 aromatic rings. The standard InChI is InChI=1S/C15H17Cl2N3/c1-9(7-18)8-20-13-6-11(17)10(16)5-12(13)19-14(20)15(2,3)4/h5-6,9H,8H2,1-4H3. The maximum Gasteiger partial charge on any atom is 0.115 e. The van der Waals surface area contributed by atoms with Gasteiger partial charge in [-0.25, -0.2) is 4.98 Å². The Bertz CT molecular complexity index is 690. The van der Waals surface area contributed by atoms with Gasteiger partial charge in [0.25, 0.3) is 0 Å². The third kappa shape index (κ3) is 2.77. The molecule has 1 unspecified atom stereocenters. The second-order valence-electron chi connectivity index (χ2n) is 6.08. The van der Waals surface area contributed by atoms with Gasteiger partial charge in [-0.2, -0.15) is 5.26 Å². The maximum absolute atomic E-state index is 9.07. The topological polar surface area (TPSA) is 41.6 Å². The van der Waals surface area contributed by atoms with Crippen LogP contribution < -0.4 is 0 Å². The molecule has 0 fully saturated rings. The van der Waals surface area contributed by atoms with Crippen LogP contribution in [0.5, 0.6) is 0 Å². The minimum atomic E-state index is -0.118. The molecule has 1 atom stereocenters. The molecule has 0 spiro atoms. The fourth-order valence-corrected chi connectivity index (χ4v) is 2.51. The third-order valence-electron chi connectivity index (χ3n) is 3.14. The Morgan fingerprint density at radius 3 is 2.45 bits per heavy atom. The van der Waals surface area contributed by atoms with Gasteiger partial charge in [0.15, 0.2) is 0 Å². The molecule has 1 heterocycles. The molecule has 1 aromatic carbocycles. The summed E-state index contributed by atoms with van der Waals surface area (Å²) in [5.41, 5.74) is 1.62. The molecule has 5 heteroatoms. The fraction of sp³-hybridized carbons (Fsp3) is 0.467. The highest BCUT2D eigenvalue weighted by molar-refractivity contribution is 6.42. The van der Waals surface area contributed by atoms with Gasteiger partial charge in [-0.15, -0.1) is 0 Å². The molecule has 1 aromatic heterocycles. The third-order valence-corrected chi connectivity index (χ3v) is 3.86. The van der Waals surface area contributed by atoms with Gasteiger partial charge in [0.2, 0.25) is 0 Å². The Morgan fingerprint density at radius 2 is 1.90 bits per heavy atom. The Morgan fingerprint density at radius 1 is 1.30 bits per heavy atom. The molecular weight excluding hydrogens is 293 g/mol. The van der Waals surface area contributed by atoms with E-state index in [1.165, 1.54) is 0 Å². The van der Waals surface area contributed by atoms with Crippen molar-refractivity contribution in [3.05, 3.63) is 28.0 Å². The van der Waals surface area contributed by atoms with Crippen molar-refractivity contribution in [2.45, 2.75) is 39.7 Å². The van der Waals surface area contributed by atoms with Crippen LogP contribution in [-0.2, 0) is 12.0 Å². The number of nitriles is 1. The zero-order valence-corrected chi connectivity index (χ0v) is 13.5. The summed E-state index contributed by atoms with van der Waals surface area (Å²) in [6.07, 6.45) is 0. The van der Waals surface area contributed by atoms with E-state index in [-0.39, 0.29) is 11.3 Å². The van der Waals surface area contributed by atoms with Crippen LogP contribution in [0.3, 0.4) is 0 Å². The van der Waals surface area contributed by atoms with Gasteiger partial charge in [-0.1, -0.05) is 44.0 Å². The van der Waals surface area contributed by atoms with Crippen LogP contribution in [0.15, 0.2) is 12.1 Å². The Kier molecular flexibility index (Phi) is 4.00. The lowest BCUT2D eigenvalue weighted by Gasteiger charge is -2.20. The van der Waals surface area contributed by atoms with Crippen molar-refractivity contribution in [2.75, 3.05) is 0 Å². The summed E-state index contributed by atoms with van der Waals surface area (Å²) in [5, 5.41) is 10.1. The number of hydrogen-bond acceptors (Lipinski definition) is 2. The summed E-state index contributed by atoms with van der Waals surface area (Å²) in [6, 6.07) is 5.87. The summed E-state index contributed by atoms with van der Waals surface area (Å²) in [7, 11) is 0. The highest BCUT2D eigenvalue weighted by Crippen LogP contribution is 2.32. The van der Waals surface area contributed by atoms with Crippen LogP contribution in [0, 0.1) is 17.2 Å². The van der Waals surface area contributed by atoms with Crippen molar-refractivity contribution in [1.29, 1.82) is 5.26 Å². The number of fused-ring (bicyclic) bond motifs is 1. The largest absolute Gasteiger partial charge is 0.326 e. The van der Waals surface area contributed by atoms with Crippen molar-refractivity contribution >= 4 is 34.2 Å². The lowest BCUT2D eigenvalue weighted by atomic mass is 9.95. The monoisotopic (exact) mass is 309 g/mol. The van der Waals surface area contributed by atoms with E-state index in [9.17, 15) is 0 Å². The summed E-state index contributed by atoms with van der Waals surface area (Å²) in [5.74, 6) is 0.843. The van der Waals surface area contributed by atoms with Crippen LogP contribution in [0.2, 0.25) is 10.0 Å². The minimum absolute atomic E-state index is 0.0945. The van der Waals surface area contributed by atoms with E-state index in [1.807, 2.05) is 13.0 Å². The highest BCUT2D eigenvalue weighted by atomic mass is 35.5. The van der Waals surface area contributed by atoms with E-state index < -0.39 is 0 Å². The van der Waals surface area contributed by atoms with Crippen LogP contribution in [0.1, 0.15) is 33.5 Å². The number of imidazole rings is 1. The normalized spacial score (nSPS) is 13.4. The second-order valence-corrected chi connectivity index (χ2v) is 6.90. The molecule has 3 nitrogen and oxygen atoms in total. The first-order valence-corrected chi connectivity index (χ1v) is 7.25. The number of nitrogens with zero attached hydrogens (tertiary/aromatic N) is 3. The van der Waals surface area contributed by atoms with E-state index in [1.54, 1.807) is 6.07 Å². The summed E-state index contributed by atoms with van der Waals surface area (Å²) in [4.78, 5) is 4.68. The van der Waals surface area contributed by atoms with Crippen LogP contribution in [0.4, 0.5) is 0 Å². The molecule has 0 saturated carbocycles. The Labute approximate surface area is 129 Å². The maximum atomic E-state index is 9.07. The molecule has 0 aliphatic heterocycles. The smallest absolute Gasteiger partial charge is 0.115 e. The number of hydrogen-bond donors (Lipinski definition) is 0. The predicted octanol–water partition coefficient (Wildman–Crippen LogP) is 4.80. The first-order valence-electron chi connectivity index (χ1n) is 6.49. The van der Waals surface area contributed by atoms with Gasteiger partial charge in [0.1, 0.15) is 5.82 Å². The quantitative estimate of drug-likeness (QED) is 0.799. The van der Waals surface area contributed by atoms with Gasteiger partial charge in [-0.05, 0) is 19.1 Å². The fourth-order valence-electron chi connectivity index (χ4n) is 2.19. The van der Waals surface area contributed by atoms with Crippen molar-refractivity contribution < 1.29 is 0 Å². The second kappa shape index (κ2) is 5.27. The van der Waals surface area contributed by atoms with Crippen LogP contribution in [-0.4, -0.2) is 9.55 Å². The molecule has 20 heavy (non-hydrogen) atoms. The average molecular weight is 310 g/mol. The molecule has 2 rings (SSSR count). The minimum Gasteiger partial charge on any atom is -0.326 e. The molecule has 0 N–H and O–H groups in total. The predicted molar refractivity (Wildman–Crippen MR) is 83.2 cm³/mol. The van der Waals surface area contributed by atoms with Gasteiger partial charge in [0.05, 0.1) is 33.1 Å². The molecule has 0 amide bonds. The molecule has 0 aliphatic rings. The molecular formula is C15H17Cl2N3. The Hall–Kier alpha value is -1.24. The summed E-state index contributed by atoms with van der Waals surface area (Å²) in [6.45, 7) is 8.80. The number of halogens is 2. The van der Waals surface area contributed by atoms with Crippen molar-refractivity contribution in [3.63, 3.8) is 0 Å². The van der Waals surface area contributed by atoms with Gasteiger partial charge < -0.3 is 4.57 Å². The zero-order chi connectivity index (χ0) is 15.1. The highest BCUT2D eigenvalue weighted by Gasteiger charge is 2.24. The SMILES string of the molecule is CC(C#N)Cn1c(C(C)(C)C)nc2cc(Cl)c(Cl)cc21. The van der Waals surface area contributed by atoms with Crippen molar-refractivity contribution in [2.24, 2.45) is 5.92 Å². The molecule has 0 aliphatic carbocycles. The van der Waals surface area contributed by atoms with E-state index in [4.69, 9.17) is 28.5 Å². The van der Waals surface area contributed by atoms with E-state index in [2.05, 4.69) is 36.4 Å². The Balaban J connectivity index is 2.72. The van der Waals surface area contributed by atoms with E-state index in [0.29, 0.717) is 16.6 Å². The first kappa shape index (κ1) is 15.2. The molecule has 0 bridgehead atoms. The lowest BCUT2D eigenvalue weighted by Crippen LogP contribution is -2.20. The van der Waals surface area contributed by atoms with Crippen molar-refractivity contribution in [3.8, 4) is 6.07 Å². The first-order chi connectivity index (χ1) is 9.24. The van der Waals surface area contributed by atoms with Crippen LogP contribution in [0.25, 0.3) is 11.0 Å². The molecule has 106 valence electrons. The van der Waals surface area contributed by atoms with E-state index in [0.717, 1.165) is 16.9 Å². The molecule has 0 saturated heterocycles. The van der Waals surface area contributed by atoms with Crippen LogP contribution >= 0.6 is 23.2 Å². The number of aromatic nitrogens is 2. The molecule has 0 radical (unpaired) electrons. The average Bonchev–Trinajstić information content (AvgIpc) is 2.68. The number of benzene rings is 1. The summed E-state index contributed by atoms with van der Waals surface area (Å²) >= 11 is 12.2. The number of rotatable bonds is 2. The van der Waals surface area contributed by atoms with Crippen molar-refractivity contribution in [1.82, 2.24) is 9.55 Å². The van der Waals surface area contributed by atoms with Gasteiger partial charge in [0, 0.05) is 12.0 Å². The van der Waals surface area contributed by atoms with Gasteiger partial charge >= 0.3 is 0 Å². The van der Waals surface area contributed by atoms with E-state index >= 15 is 0 Å². The van der Waals surface area contributed by atoms with Gasteiger partial charge in [-0.3, -0.25) is 0 Å². The lowest BCUT2D eigenvalue weighted by molar-refractivity contribution is 0.479.